The van der Waals surface area contributed by atoms with Gasteiger partial charge in [0.05, 0.1) is 32.7 Å². The first-order valence-corrected chi connectivity index (χ1v) is 7.75. The Hall–Kier alpha value is -1.49. The van der Waals surface area contributed by atoms with Gasteiger partial charge in [0.25, 0.3) is 0 Å². The van der Waals surface area contributed by atoms with E-state index in [1.165, 1.54) is 4.90 Å². The molecule has 0 heterocycles. The molecule has 167 valence electrons. The summed E-state index contributed by atoms with van der Waals surface area (Å²) in [6, 6.07) is 0. The number of rotatable bonds is 16. The number of carboxylic acids is 5. The van der Waals surface area contributed by atoms with Crippen LogP contribution in [0, 0.1) is 39.9 Å². The van der Waals surface area contributed by atoms with Crippen molar-refractivity contribution in [2.75, 3.05) is 58.9 Å². The molecule has 0 aliphatic carbocycles. The van der Waals surface area contributed by atoms with E-state index in [-0.39, 0.29) is 71.6 Å². The predicted molar refractivity (Wildman–Crippen MR) is 91.1 cm³/mol. The third-order valence-corrected chi connectivity index (χ3v) is 3.26. The van der Waals surface area contributed by atoms with Gasteiger partial charge in [-0.3, -0.25) is 38.7 Å². The van der Waals surface area contributed by atoms with E-state index in [4.69, 9.17) is 25.5 Å². The number of nitrogens with zero attached hydrogens (tertiary/aromatic N) is 3. The predicted octanol–water partition coefficient (Wildman–Crippen LogP) is -3.51. The Morgan fingerprint density at radius 1 is 0.448 bits per heavy atom. The van der Waals surface area contributed by atoms with Crippen molar-refractivity contribution in [3.05, 3.63) is 0 Å². The fraction of sp³-hybridized carbons (Fsp3) is 0.643. The zero-order valence-corrected chi connectivity index (χ0v) is 17.6. The molecule has 7 N–H and O–H groups in total. The van der Waals surface area contributed by atoms with Crippen LogP contribution in [0.15, 0.2) is 0 Å². The molecule has 0 rings (SSSR count). The summed E-state index contributed by atoms with van der Waals surface area (Å²) in [6.45, 7) is -2.74. The van der Waals surface area contributed by atoms with Gasteiger partial charge < -0.3 is 31.0 Å². The van der Waals surface area contributed by atoms with Gasteiger partial charge in [-0.05, 0) is 0 Å². The van der Waals surface area contributed by atoms with Crippen LogP contribution in [-0.2, 0) is 24.0 Å². The molecule has 1 radical (unpaired) electrons. The summed E-state index contributed by atoms with van der Waals surface area (Å²) in [5.74, 6) is -6.16. The topological polar surface area (TPSA) is 228 Å². The maximum Gasteiger partial charge on any atom is 3.00 e. The molecule has 0 spiro atoms. The molecule has 0 saturated carbocycles. The third kappa shape index (κ3) is 19.6. The van der Waals surface area contributed by atoms with Crippen LogP contribution in [-0.4, -0.2) is 134 Å². The Balaban J connectivity index is -0.00000338. The molecule has 0 unspecified atom stereocenters. The van der Waals surface area contributed by atoms with E-state index in [2.05, 4.69) is 0 Å². The summed E-state index contributed by atoms with van der Waals surface area (Å²) in [7, 11) is 0. The molecular formula is C14H25GdN3O11+3. The van der Waals surface area contributed by atoms with Crippen molar-refractivity contribution in [3.63, 3.8) is 0 Å². The Labute approximate surface area is 197 Å². The summed E-state index contributed by atoms with van der Waals surface area (Å²) >= 11 is 0. The van der Waals surface area contributed by atoms with Crippen LogP contribution in [0.3, 0.4) is 0 Å². The monoisotopic (exact) mass is 569 g/mol. The van der Waals surface area contributed by atoms with Crippen LogP contribution in [0.25, 0.3) is 0 Å². The van der Waals surface area contributed by atoms with Crippen molar-refractivity contribution in [2.45, 2.75) is 0 Å². The Morgan fingerprint density at radius 2 is 0.621 bits per heavy atom. The van der Waals surface area contributed by atoms with Crippen LogP contribution < -0.4 is 0 Å². The zero-order chi connectivity index (χ0) is 21.0. The first-order valence-electron chi connectivity index (χ1n) is 7.75. The fourth-order valence-electron chi connectivity index (χ4n) is 2.22. The molecule has 0 bridgehead atoms. The largest absolute Gasteiger partial charge is 3.00 e. The third-order valence-electron chi connectivity index (χ3n) is 3.26. The maximum absolute atomic E-state index is 11.0. The van der Waals surface area contributed by atoms with Gasteiger partial charge >= 0.3 is 69.8 Å². The summed E-state index contributed by atoms with van der Waals surface area (Å²) in [4.78, 5) is 57.6. The van der Waals surface area contributed by atoms with Crippen molar-refractivity contribution in [2.24, 2.45) is 0 Å². The van der Waals surface area contributed by atoms with Gasteiger partial charge in [0, 0.05) is 26.2 Å². The smallest absolute Gasteiger partial charge is 0.480 e. The molecule has 0 saturated heterocycles. The van der Waals surface area contributed by atoms with Crippen LogP contribution in [0.4, 0.5) is 0 Å². The second-order valence-corrected chi connectivity index (χ2v) is 5.67. The first kappa shape index (κ1) is 32.2. The first-order chi connectivity index (χ1) is 12.5. The summed E-state index contributed by atoms with van der Waals surface area (Å²) in [5.41, 5.74) is 0. The normalized spacial score (nSPS) is 10.3. The molecule has 0 aromatic carbocycles. The minimum absolute atomic E-state index is 0. The number of hydrogen-bond donors (Lipinski definition) is 5. The molecule has 0 aromatic rings. The van der Waals surface area contributed by atoms with Gasteiger partial charge in [-0.15, -0.1) is 0 Å². The molecule has 15 heteroatoms. The second kappa shape index (κ2) is 17.4. The van der Waals surface area contributed by atoms with Crippen molar-refractivity contribution in [1.29, 1.82) is 0 Å². The fourth-order valence-corrected chi connectivity index (χ4v) is 2.22. The maximum atomic E-state index is 11.0. The quantitative estimate of drug-likeness (QED) is 0.122. The van der Waals surface area contributed by atoms with E-state index in [1.807, 2.05) is 0 Å². The molecule has 0 aliphatic heterocycles. The average Bonchev–Trinajstić information content (AvgIpc) is 2.46. The molecule has 0 fully saturated rings. The number of aliphatic carboxylic acids is 5. The molecule has 0 amide bonds. The van der Waals surface area contributed by atoms with E-state index in [9.17, 15) is 24.0 Å². The number of carbonyl (C=O) groups is 5. The Kier molecular flexibility index (Phi) is 19.3. The standard InChI is InChI=1S/C14H23N3O10.Gd.H2O/c18-10(19)5-15(1-3-16(6-11(20)21)7-12(22)23)2-4-17(8-13(24)25)9-14(26)27;;/h1-9H2,(H,18,19)(H,20,21)(H,22,23)(H,24,25)(H,26,27);;1H2/q;+3;. The minimum Gasteiger partial charge on any atom is -0.480 e. The summed E-state index contributed by atoms with van der Waals surface area (Å²) in [5, 5.41) is 44.1. The molecule has 14 nitrogen and oxygen atoms in total. The van der Waals surface area contributed by atoms with E-state index in [1.54, 1.807) is 0 Å². The van der Waals surface area contributed by atoms with Gasteiger partial charge in [-0.2, -0.15) is 0 Å². The van der Waals surface area contributed by atoms with E-state index >= 15 is 0 Å². The summed E-state index contributed by atoms with van der Waals surface area (Å²) in [6.07, 6.45) is 0. The van der Waals surface area contributed by atoms with E-state index in [0.717, 1.165) is 9.80 Å². The Morgan fingerprint density at radius 3 is 0.828 bits per heavy atom. The van der Waals surface area contributed by atoms with Crippen molar-refractivity contribution >= 4 is 29.8 Å². The molecule has 29 heavy (non-hydrogen) atoms. The summed E-state index contributed by atoms with van der Waals surface area (Å²) < 4.78 is 0. The number of hydrogen-bond acceptors (Lipinski definition) is 8. The van der Waals surface area contributed by atoms with E-state index in [0.29, 0.717) is 0 Å². The van der Waals surface area contributed by atoms with Crippen molar-refractivity contribution in [1.82, 2.24) is 14.7 Å². The van der Waals surface area contributed by atoms with Gasteiger partial charge in [-0.25, -0.2) is 0 Å². The van der Waals surface area contributed by atoms with Crippen LogP contribution in [0.2, 0.25) is 0 Å². The number of carboxylic acid groups (broad SMARTS) is 5. The zero-order valence-electron chi connectivity index (χ0n) is 15.3. The molecule has 0 aliphatic rings. The van der Waals surface area contributed by atoms with Crippen LogP contribution >= 0.6 is 0 Å². The molecule has 0 aromatic heterocycles. The molecular weight excluding hydrogens is 543 g/mol. The average molecular weight is 569 g/mol. The van der Waals surface area contributed by atoms with Gasteiger partial charge in [0.1, 0.15) is 0 Å². The van der Waals surface area contributed by atoms with Crippen LogP contribution in [0.1, 0.15) is 0 Å². The minimum atomic E-state index is -1.24. The van der Waals surface area contributed by atoms with Gasteiger partial charge in [0.15, 0.2) is 0 Å². The second-order valence-electron chi connectivity index (χ2n) is 5.67. The van der Waals surface area contributed by atoms with Crippen molar-refractivity contribution in [3.8, 4) is 0 Å². The van der Waals surface area contributed by atoms with Crippen LogP contribution in [0.5, 0.6) is 0 Å². The SMILES string of the molecule is O.O=C(O)CN(CCN(CC(=O)O)CC(=O)O)CCN(CC(=O)O)CC(=O)O.[Gd+3]. The van der Waals surface area contributed by atoms with E-state index < -0.39 is 62.6 Å². The van der Waals surface area contributed by atoms with Gasteiger partial charge in [0.2, 0.25) is 0 Å². The molecule has 0 atom stereocenters. The van der Waals surface area contributed by atoms with Crippen molar-refractivity contribution < 1.29 is 94.9 Å². The van der Waals surface area contributed by atoms with Gasteiger partial charge in [-0.1, -0.05) is 0 Å². The Bertz CT molecular complexity index is 489.